The van der Waals surface area contributed by atoms with Crippen LogP contribution in [-0.2, 0) is 6.42 Å². The molecule has 1 aliphatic carbocycles. The standard InChI is InChI=1S/C17H18F2N2/c1-10-8-13(15(19)9-14(10)18)16(20)12-6-2-4-11-5-3-7-21-17(11)12/h3,5,7-9,12,16H,2,4,6,20H2,1H3. The Balaban J connectivity index is 2.00. The average molecular weight is 288 g/mol. The van der Waals surface area contributed by atoms with Crippen molar-refractivity contribution in [1.82, 2.24) is 4.98 Å². The lowest BCUT2D eigenvalue weighted by Gasteiger charge is -2.29. The number of rotatable bonds is 2. The molecule has 0 fully saturated rings. The molecule has 4 heteroatoms. The largest absolute Gasteiger partial charge is 0.323 e. The number of fused-ring (bicyclic) bond motifs is 1. The van der Waals surface area contributed by atoms with Crippen LogP contribution in [0.3, 0.4) is 0 Å². The minimum Gasteiger partial charge on any atom is -0.323 e. The van der Waals surface area contributed by atoms with Gasteiger partial charge in [0.2, 0.25) is 0 Å². The number of benzene rings is 1. The Kier molecular flexibility index (Phi) is 3.72. The highest BCUT2D eigenvalue weighted by molar-refractivity contribution is 5.34. The fourth-order valence-electron chi connectivity index (χ4n) is 3.15. The van der Waals surface area contributed by atoms with Crippen LogP contribution in [0, 0.1) is 18.6 Å². The van der Waals surface area contributed by atoms with Gasteiger partial charge in [-0.2, -0.15) is 0 Å². The molecule has 0 saturated carbocycles. The third-order valence-corrected chi connectivity index (χ3v) is 4.31. The van der Waals surface area contributed by atoms with Crippen molar-refractivity contribution < 1.29 is 8.78 Å². The van der Waals surface area contributed by atoms with E-state index in [1.807, 2.05) is 12.1 Å². The van der Waals surface area contributed by atoms with E-state index in [2.05, 4.69) is 4.98 Å². The van der Waals surface area contributed by atoms with Crippen LogP contribution in [0.2, 0.25) is 0 Å². The predicted octanol–water partition coefficient (Wildman–Crippen LogP) is 3.79. The summed E-state index contributed by atoms with van der Waals surface area (Å²) in [6.07, 6.45) is 4.62. The van der Waals surface area contributed by atoms with Crippen LogP contribution in [0.1, 0.15) is 47.2 Å². The molecular formula is C17H18F2N2. The second-order valence-corrected chi connectivity index (χ2v) is 5.70. The number of pyridine rings is 1. The number of nitrogens with zero attached hydrogens (tertiary/aromatic N) is 1. The van der Waals surface area contributed by atoms with Gasteiger partial charge in [-0.25, -0.2) is 8.78 Å². The second-order valence-electron chi connectivity index (χ2n) is 5.70. The van der Waals surface area contributed by atoms with Gasteiger partial charge in [0.15, 0.2) is 0 Å². The predicted molar refractivity (Wildman–Crippen MR) is 77.9 cm³/mol. The molecule has 1 heterocycles. The van der Waals surface area contributed by atoms with E-state index in [1.165, 1.54) is 11.6 Å². The lowest BCUT2D eigenvalue weighted by molar-refractivity contribution is 0.445. The summed E-state index contributed by atoms with van der Waals surface area (Å²) in [6, 6.07) is 5.90. The van der Waals surface area contributed by atoms with Crippen LogP contribution in [-0.4, -0.2) is 4.98 Å². The van der Waals surface area contributed by atoms with Crippen molar-refractivity contribution in [2.45, 2.75) is 38.1 Å². The molecule has 0 bridgehead atoms. The van der Waals surface area contributed by atoms with Crippen molar-refractivity contribution in [2.24, 2.45) is 5.73 Å². The molecular weight excluding hydrogens is 270 g/mol. The molecule has 3 rings (SSSR count). The third kappa shape index (κ3) is 2.56. The zero-order valence-electron chi connectivity index (χ0n) is 11.9. The van der Waals surface area contributed by atoms with Crippen molar-refractivity contribution in [3.63, 3.8) is 0 Å². The van der Waals surface area contributed by atoms with Gasteiger partial charge in [-0.15, -0.1) is 0 Å². The summed E-state index contributed by atoms with van der Waals surface area (Å²) >= 11 is 0. The van der Waals surface area contributed by atoms with Crippen LogP contribution in [0.4, 0.5) is 8.78 Å². The summed E-state index contributed by atoms with van der Waals surface area (Å²) in [5, 5.41) is 0. The topological polar surface area (TPSA) is 38.9 Å². The number of aromatic nitrogens is 1. The first-order valence-electron chi connectivity index (χ1n) is 7.23. The smallest absolute Gasteiger partial charge is 0.130 e. The molecule has 0 spiro atoms. The van der Waals surface area contributed by atoms with Gasteiger partial charge in [0.05, 0.1) is 0 Å². The minimum absolute atomic E-state index is 0.0192. The fourth-order valence-corrected chi connectivity index (χ4v) is 3.15. The lowest BCUT2D eigenvalue weighted by atomic mass is 9.79. The summed E-state index contributed by atoms with van der Waals surface area (Å²) < 4.78 is 27.5. The van der Waals surface area contributed by atoms with Crippen molar-refractivity contribution in [2.75, 3.05) is 0 Å². The van der Waals surface area contributed by atoms with Crippen LogP contribution in [0.15, 0.2) is 30.5 Å². The van der Waals surface area contributed by atoms with Crippen molar-refractivity contribution in [3.05, 3.63) is 64.5 Å². The number of hydrogen-bond acceptors (Lipinski definition) is 2. The zero-order valence-corrected chi connectivity index (χ0v) is 11.9. The molecule has 0 saturated heterocycles. The van der Waals surface area contributed by atoms with E-state index < -0.39 is 17.7 Å². The molecule has 1 aromatic carbocycles. The van der Waals surface area contributed by atoms with Crippen molar-refractivity contribution in [1.29, 1.82) is 0 Å². The number of halogens is 2. The quantitative estimate of drug-likeness (QED) is 0.913. The Hall–Kier alpha value is -1.81. The normalized spacial score (nSPS) is 19.1. The first kappa shape index (κ1) is 14.1. The maximum absolute atomic E-state index is 14.1. The molecule has 2 N–H and O–H groups in total. The van der Waals surface area contributed by atoms with Gasteiger partial charge in [0.1, 0.15) is 11.6 Å². The maximum Gasteiger partial charge on any atom is 0.130 e. The molecule has 1 aromatic heterocycles. The summed E-state index contributed by atoms with van der Waals surface area (Å²) in [5.74, 6) is -1.13. The number of nitrogens with two attached hydrogens (primary N) is 1. The summed E-state index contributed by atoms with van der Waals surface area (Å²) in [6.45, 7) is 1.62. The molecule has 110 valence electrons. The van der Waals surface area contributed by atoms with Crippen molar-refractivity contribution >= 4 is 0 Å². The van der Waals surface area contributed by atoms with Gasteiger partial charge in [-0.1, -0.05) is 6.07 Å². The van der Waals surface area contributed by atoms with Crippen LogP contribution >= 0.6 is 0 Å². The van der Waals surface area contributed by atoms with E-state index in [0.29, 0.717) is 11.1 Å². The highest BCUT2D eigenvalue weighted by Gasteiger charge is 2.29. The molecule has 0 aliphatic heterocycles. The van der Waals surface area contributed by atoms with Gasteiger partial charge in [0, 0.05) is 35.5 Å². The van der Waals surface area contributed by atoms with E-state index in [-0.39, 0.29) is 5.92 Å². The first-order valence-corrected chi connectivity index (χ1v) is 7.23. The summed E-state index contributed by atoms with van der Waals surface area (Å²) in [4.78, 5) is 4.44. The SMILES string of the molecule is Cc1cc(C(N)C2CCCc3cccnc32)c(F)cc1F. The molecule has 2 unspecified atom stereocenters. The van der Waals surface area contributed by atoms with E-state index >= 15 is 0 Å². The third-order valence-electron chi connectivity index (χ3n) is 4.31. The van der Waals surface area contributed by atoms with E-state index in [1.54, 1.807) is 13.1 Å². The Morgan fingerprint density at radius 1 is 1.29 bits per heavy atom. The Bertz CT molecular complexity index is 670. The molecule has 0 amide bonds. The minimum atomic E-state index is -0.575. The van der Waals surface area contributed by atoms with Crippen LogP contribution in [0.25, 0.3) is 0 Å². The zero-order chi connectivity index (χ0) is 15.0. The fraction of sp³-hybridized carbons (Fsp3) is 0.353. The Morgan fingerprint density at radius 2 is 2.10 bits per heavy atom. The highest BCUT2D eigenvalue weighted by atomic mass is 19.1. The number of aryl methyl sites for hydroxylation is 2. The Morgan fingerprint density at radius 3 is 2.90 bits per heavy atom. The summed E-state index contributed by atoms with van der Waals surface area (Å²) in [7, 11) is 0. The van der Waals surface area contributed by atoms with Crippen LogP contribution < -0.4 is 5.73 Å². The van der Waals surface area contributed by atoms with E-state index in [9.17, 15) is 8.78 Å². The second kappa shape index (κ2) is 5.53. The Labute approximate surface area is 123 Å². The van der Waals surface area contributed by atoms with Gasteiger partial charge in [-0.05, 0) is 49.4 Å². The van der Waals surface area contributed by atoms with E-state index in [4.69, 9.17) is 5.73 Å². The molecule has 2 atom stereocenters. The monoisotopic (exact) mass is 288 g/mol. The average Bonchev–Trinajstić information content (AvgIpc) is 2.49. The molecule has 2 nitrogen and oxygen atoms in total. The lowest BCUT2D eigenvalue weighted by Crippen LogP contribution is -2.25. The molecule has 2 aromatic rings. The summed E-state index contributed by atoms with van der Waals surface area (Å²) in [5.41, 5.74) is 9.23. The van der Waals surface area contributed by atoms with Gasteiger partial charge < -0.3 is 5.73 Å². The van der Waals surface area contributed by atoms with Crippen molar-refractivity contribution in [3.8, 4) is 0 Å². The first-order chi connectivity index (χ1) is 10.1. The highest BCUT2D eigenvalue weighted by Crippen LogP contribution is 2.38. The van der Waals surface area contributed by atoms with E-state index in [0.717, 1.165) is 31.0 Å². The van der Waals surface area contributed by atoms with Crippen LogP contribution in [0.5, 0.6) is 0 Å². The van der Waals surface area contributed by atoms with Gasteiger partial charge in [0.25, 0.3) is 0 Å². The molecule has 21 heavy (non-hydrogen) atoms. The number of hydrogen-bond donors (Lipinski definition) is 1. The molecule has 0 radical (unpaired) electrons. The van der Waals surface area contributed by atoms with Gasteiger partial charge >= 0.3 is 0 Å². The maximum atomic E-state index is 14.1. The molecule has 1 aliphatic rings. The van der Waals surface area contributed by atoms with Gasteiger partial charge in [-0.3, -0.25) is 4.98 Å².